The summed E-state index contributed by atoms with van der Waals surface area (Å²) in [7, 11) is 0. The zero-order chi connectivity index (χ0) is 10.1. The van der Waals surface area contributed by atoms with Crippen molar-refractivity contribution in [2.45, 2.75) is 0 Å². The average Bonchev–Trinajstić information content (AvgIpc) is 2.87. The van der Waals surface area contributed by atoms with Gasteiger partial charge in [-0.05, 0) is 18.2 Å². The predicted octanol–water partition coefficient (Wildman–Crippen LogP) is 2.03. The molecule has 3 aromatic rings. The van der Waals surface area contributed by atoms with Gasteiger partial charge in [-0.2, -0.15) is 10.2 Å². The quantitative estimate of drug-likeness (QED) is 0.591. The smallest absolute Gasteiger partial charge is 0.0767 e. The van der Waals surface area contributed by atoms with Crippen LogP contribution in [0.2, 0.25) is 0 Å². The van der Waals surface area contributed by atoms with Crippen LogP contribution in [0, 0.1) is 0 Å². The molecular weight excluding hydrogens is 190 g/mol. The summed E-state index contributed by atoms with van der Waals surface area (Å²) in [5.74, 6) is 0. The average molecular weight is 199 g/mol. The number of hydrogen-bond donors (Lipinski definition) is 3. The van der Waals surface area contributed by atoms with E-state index < -0.39 is 0 Å². The summed E-state index contributed by atoms with van der Waals surface area (Å²) in [6, 6.07) is 6.03. The molecule has 74 valence electrons. The zero-order valence-electron chi connectivity index (χ0n) is 7.86. The van der Waals surface area contributed by atoms with Crippen molar-refractivity contribution in [3.05, 3.63) is 36.8 Å². The molecule has 0 saturated carbocycles. The van der Waals surface area contributed by atoms with E-state index in [1.165, 1.54) is 0 Å². The Labute approximate surface area is 85.5 Å². The minimum Gasteiger partial charge on any atom is -0.353 e. The maximum atomic E-state index is 3.97. The van der Waals surface area contributed by atoms with Gasteiger partial charge in [0.1, 0.15) is 0 Å². The molecule has 0 amide bonds. The van der Waals surface area contributed by atoms with Crippen molar-refractivity contribution in [3.63, 3.8) is 0 Å². The van der Waals surface area contributed by atoms with Crippen LogP contribution in [0.4, 0.5) is 11.4 Å². The second-order valence-electron chi connectivity index (χ2n) is 3.28. The molecule has 0 unspecified atom stereocenters. The number of aromatic nitrogens is 4. The molecule has 0 bridgehead atoms. The second-order valence-corrected chi connectivity index (χ2v) is 3.28. The first-order valence-electron chi connectivity index (χ1n) is 4.61. The number of H-pyrrole nitrogens is 2. The van der Waals surface area contributed by atoms with Gasteiger partial charge in [-0.15, -0.1) is 0 Å². The van der Waals surface area contributed by atoms with Gasteiger partial charge in [0.05, 0.1) is 23.6 Å². The molecule has 15 heavy (non-hydrogen) atoms. The van der Waals surface area contributed by atoms with Crippen LogP contribution in [0.3, 0.4) is 0 Å². The van der Waals surface area contributed by atoms with Crippen LogP contribution >= 0.6 is 0 Å². The number of nitrogens with zero attached hydrogens (tertiary/aromatic N) is 2. The third-order valence-electron chi connectivity index (χ3n) is 2.23. The van der Waals surface area contributed by atoms with Crippen LogP contribution in [0.5, 0.6) is 0 Å². The van der Waals surface area contributed by atoms with E-state index in [1.54, 1.807) is 18.6 Å². The molecule has 2 heterocycles. The van der Waals surface area contributed by atoms with Gasteiger partial charge in [-0.3, -0.25) is 10.2 Å². The van der Waals surface area contributed by atoms with E-state index in [0.717, 1.165) is 22.3 Å². The highest BCUT2D eigenvalue weighted by Gasteiger charge is 1.98. The SMILES string of the molecule is c1cc2cn[nH]c2cc1Nc1cn[nH]c1. The number of hydrogen-bond acceptors (Lipinski definition) is 3. The van der Waals surface area contributed by atoms with Gasteiger partial charge >= 0.3 is 0 Å². The summed E-state index contributed by atoms with van der Waals surface area (Å²) in [6.45, 7) is 0. The first-order chi connectivity index (χ1) is 7.42. The Kier molecular flexibility index (Phi) is 1.68. The molecule has 3 N–H and O–H groups in total. The van der Waals surface area contributed by atoms with Crippen molar-refractivity contribution >= 4 is 22.3 Å². The Morgan fingerprint density at radius 1 is 1.07 bits per heavy atom. The van der Waals surface area contributed by atoms with Crippen LogP contribution in [0.25, 0.3) is 10.9 Å². The Morgan fingerprint density at radius 2 is 2.07 bits per heavy atom. The van der Waals surface area contributed by atoms with E-state index in [4.69, 9.17) is 0 Å². The monoisotopic (exact) mass is 199 g/mol. The summed E-state index contributed by atoms with van der Waals surface area (Å²) in [5.41, 5.74) is 2.96. The minimum atomic E-state index is 0.939. The van der Waals surface area contributed by atoms with Gasteiger partial charge < -0.3 is 5.32 Å². The third-order valence-corrected chi connectivity index (χ3v) is 2.23. The lowest BCUT2D eigenvalue weighted by Gasteiger charge is -2.02. The fourth-order valence-corrected chi connectivity index (χ4v) is 1.50. The molecule has 0 spiro atoms. The topological polar surface area (TPSA) is 69.4 Å². The van der Waals surface area contributed by atoms with Crippen molar-refractivity contribution in [2.75, 3.05) is 5.32 Å². The summed E-state index contributed by atoms with van der Waals surface area (Å²) in [5, 5.41) is 17.8. The highest BCUT2D eigenvalue weighted by Crippen LogP contribution is 2.19. The van der Waals surface area contributed by atoms with Gasteiger partial charge in [0, 0.05) is 17.3 Å². The fraction of sp³-hybridized carbons (Fsp3) is 0. The van der Waals surface area contributed by atoms with E-state index >= 15 is 0 Å². The van der Waals surface area contributed by atoms with Crippen LogP contribution < -0.4 is 5.32 Å². The summed E-state index contributed by atoms with van der Waals surface area (Å²) < 4.78 is 0. The largest absolute Gasteiger partial charge is 0.353 e. The van der Waals surface area contributed by atoms with Crippen molar-refractivity contribution in [1.29, 1.82) is 0 Å². The Hall–Kier alpha value is -2.30. The molecule has 1 aromatic carbocycles. The number of fused-ring (bicyclic) bond motifs is 1. The number of benzene rings is 1. The third kappa shape index (κ3) is 1.43. The lowest BCUT2D eigenvalue weighted by molar-refractivity contribution is 1.09. The number of aromatic amines is 2. The Bertz CT molecular complexity index is 566. The van der Waals surface area contributed by atoms with Crippen LogP contribution in [0.1, 0.15) is 0 Å². The highest BCUT2D eigenvalue weighted by molar-refractivity contribution is 5.82. The second kappa shape index (κ2) is 3.13. The van der Waals surface area contributed by atoms with E-state index in [1.807, 2.05) is 18.2 Å². The van der Waals surface area contributed by atoms with Crippen LogP contribution in [0.15, 0.2) is 36.8 Å². The first kappa shape index (κ1) is 8.05. The van der Waals surface area contributed by atoms with Crippen molar-refractivity contribution in [3.8, 4) is 0 Å². The maximum absolute atomic E-state index is 3.97. The van der Waals surface area contributed by atoms with E-state index in [9.17, 15) is 0 Å². The number of rotatable bonds is 2. The van der Waals surface area contributed by atoms with Crippen molar-refractivity contribution in [2.24, 2.45) is 0 Å². The molecule has 0 saturated heterocycles. The summed E-state index contributed by atoms with van der Waals surface area (Å²) >= 11 is 0. The molecular formula is C10H9N5. The zero-order valence-corrected chi connectivity index (χ0v) is 7.86. The molecule has 0 aliphatic rings. The molecule has 0 aliphatic heterocycles. The predicted molar refractivity (Wildman–Crippen MR) is 58.0 cm³/mol. The van der Waals surface area contributed by atoms with Gasteiger partial charge in [0.25, 0.3) is 0 Å². The lowest BCUT2D eigenvalue weighted by Crippen LogP contribution is -1.87. The fourth-order valence-electron chi connectivity index (χ4n) is 1.50. The molecule has 2 aromatic heterocycles. The first-order valence-corrected chi connectivity index (χ1v) is 4.61. The minimum absolute atomic E-state index is 0.939. The Balaban J connectivity index is 1.97. The van der Waals surface area contributed by atoms with Crippen LogP contribution in [-0.2, 0) is 0 Å². The van der Waals surface area contributed by atoms with E-state index in [2.05, 4.69) is 25.7 Å². The van der Waals surface area contributed by atoms with E-state index in [-0.39, 0.29) is 0 Å². The molecule has 5 nitrogen and oxygen atoms in total. The number of anilines is 2. The molecule has 0 atom stereocenters. The van der Waals surface area contributed by atoms with Gasteiger partial charge in [0.2, 0.25) is 0 Å². The standard InChI is InChI=1S/C10H9N5/c1-2-8(14-9-5-11-12-6-9)3-10-7(1)4-13-15-10/h1-6,14H,(H,11,12)(H,13,15). The molecule has 5 heteroatoms. The van der Waals surface area contributed by atoms with Gasteiger partial charge in [-0.1, -0.05) is 0 Å². The molecule has 3 rings (SSSR count). The lowest BCUT2D eigenvalue weighted by atomic mass is 10.2. The molecule has 0 fully saturated rings. The van der Waals surface area contributed by atoms with Crippen molar-refractivity contribution in [1.82, 2.24) is 20.4 Å². The number of nitrogens with one attached hydrogen (secondary N) is 3. The molecule has 0 aliphatic carbocycles. The van der Waals surface area contributed by atoms with Gasteiger partial charge in [-0.25, -0.2) is 0 Å². The normalized spacial score (nSPS) is 10.7. The van der Waals surface area contributed by atoms with E-state index in [0.29, 0.717) is 0 Å². The van der Waals surface area contributed by atoms with Gasteiger partial charge in [0.15, 0.2) is 0 Å². The highest BCUT2D eigenvalue weighted by atomic mass is 15.1. The molecule has 0 radical (unpaired) electrons. The Morgan fingerprint density at radius 3 is 2.93 bits per heavy atom. The summed E-state index contributed by atoms with van der Waals surface area (Å²) in [4.78, 5) is 0. The summed E-state index contributed by atoms with van der Waals surface area (Å²) in [6.07, 6.45) is 5.34. The van der Waals surface area contributed by atoms with Crippen molar-refractivity contribution < 1.29 is 0 Å². The maximum Gasteiger partial charge on any atom is 0.0767 e. The van der Waals surface area contributed by atoms with Crippen LogP contribution in [-0.4, -0.2) is 20.4 Å².